The minimum absolute atomic E-state index is 0.0174. The summed E-state index contributed by atoms with van der Waals surface area (Å²) in [5.41, 5.74) is 12.0. The molecule has 2 aromatic heterocycles. The number of hydroxylamine groups is 1. The summed E-state index contributed by atoms with van der Waals surface area (Å²) in [7, 11) is 1.49. The first-order chi connectivity index (χ1) is 18.7. The number of nitrogens with zero attached hydrogens (tertiary/aromatic N) is 5. The lowest BCUT2D eigenvalue weighted by Crippen LogP contribution is -2.58. The summed E-state index contributed by atoms with van der Waals surface area (Å²) in [6, 6.07) is 8.94. The highest BCUT2D eigenvalue weighted by Gasteiger charge is 2.44. The Labute approximate surface area is 222 Å². The summed E-state index contributed by atoms with van der Waals surface area (Å²) in [5, 5.41) is 0. The van der Waals surface area contributed by atoms with E-state index in [0.29, 0.717) is 52.4 Å². The zero-order valence-corrected chi connectivity index (χ0v) is 21.2. The average Bonchev–Trinajstić information content (AvgIpc) is 2.89. The van der Waals surface area contributed by atoms with Crippen molar-refractivity contribution >= 4 is 18.1 Å². The molecule has 0 aliphatic carbocycles. The summed E-state index contributed by atoms with van der Waals surface area (Å²) in [4.78, 5) is 36.5. The second-order valence-electron chi connectivity index (χ2n) is 9.40. The molecule has 1 fully saturated rings. The van der Waals surface area contributed by atoms with Crippen molar-refractivity contribution in [2.75, 3.05) is 32.5 Å². The van der Waals surface area contributed by atoms with Gasteiger partial charge in [-0.25, -0.2) is 33.6 Å². The number of carbonyl (C=O) groups excluding carboxylic acids is 1. The molecular formula is C26H26F3N7O3. The molecular weight excluding hydrogens is 515 g/mol. The fraction of sp³-hybridized carbons (Fsp3) is 0.346. The Kier molecular flexibility index (Phi) is 7.19. The molecule has 0 radical (unpaired) electrons. The number of hydrogen-bond acceptors (Lipinski definition) is 10. The van der Waals surface area contributed by atoms with Crippen LogP contribution in [0.5, 0.6) is 5.88 Å². The van der Waals surface area contributed by atoms with Crippen molar-refractivity contribution in [1.82, 2.24) is 25.3 Å². The third-order valence-corrected chi connectivity index (χ3v) is 6.48. The lowest BCUT2D eigenvalue weighted by molar-refractivity contribution is -0.150. The van der Waals surface area contributed by atoms with Crippen LogP contribution < -0.4 is 16.0 Å². The normalized spacial score (nSPS) is 18.9. The monoisotopic (exact) mass is 541 g/mol. The fourth-order valence-corrected chi connectivity index (χ4v) is 4.77. The van der Waals surface area contributed by atoms with E-state index < -0.39 is 37.0 Å². The number of aldehydes is 1. The maximum atomic E-state index is 14.4. The molecule has 1 unspecified atom stereocenters. The van der Waals surface area contributed by atoms with Gasteiger partial charge in [0.2, 0.25) is 11.8 Å². The number of aromatic nitrogens is 3. The van der Waals surface area contributed by atoms with Gasteiger partial charge in [0, 0.05) is 24.6 Å². The van der Waals surface area contributed by atoms with Gasteiger partial charge in [-0.05, 0) is 30.7 Å². The van der Waals surface area contributed by atoms with Gasteiger partial charge in [0.1, 0.15) is 5.82 Å². The molecule has 4 heterocycles. The lowest BCUT2D eigenvalue weighted by Gasteiger charge is -2.39. The van der Waals surface area contributed by atoms with Crippen LogP contribution in [0.25, 0.3) is 11.3 Å². The number of pyridine rings is 1. The minimum Gasteiger partial charge on any atom is -0.481 e. The Morgan fingerprint density at radius 3 is 2.74 bits per heavy atom. The first-order valence-corrected chi connectivity index (χ1v) is 12.1. The van der Waals surface area contributed by atoms with Gasteiger partial charge in [0.15, 0.2) is 18.2 Å². The molecule has 10 nitrogen and oxygen atoms in total. The van der Waals surface area contributed by atoms with E-state index in [0.717, 1.165) is 0 Å². The molecule has 5 rings (SSSR count). The molecule has 2 aliphatic heterocycles. The standard InChI is InChI=1S/C26H26F3N7O3/c1-14-23-21(34-25(30)31-14)9-20(33-24(23)35-39-16(11-37)10-36-12-26(28,29)13-36)17-7-6-15(27)8-18(17)19-4-3-5-22(32-19)38-2/h3-8,11,16,20H,9-10,12-13H2,1-2H3,(H,33,35)(H2,30,31,34)/t16?,20-/m1/s1. The predicted molar refractivity (Wildman–Crippen MR) is 136 cm³/mol. The van der Waals surface area contributed by atoms with Crippen LogP contribution in [-0.2, 0) is 16.1 Å². The lowest BCUT2D eigenvalue weighted by atomic mass is 9.91. The first kappa shape index (κ1) is 26.5. The van der Waals surface area contributed by atoms with Crippen molar-refractivity contribution in [2.24, 2.45) is 4.99 Å². The van der Waals surface area contributed by atoms with Crippen molar-refractivity contribution < 1.29 is 27.5 Å². The molecule has 13 heteroatoms. The van der Waals surface area contributed by atoms with E-state index in [4.69, 9.17) is 20.3 Å². The van der Waals surface area contributed by atoms with E-state index in [2.05, 4.69) is 20.4 Å². The maximum Gasteiger partial charge on any atom is 0.272 e. The van der Waals surface area contributed by atoms with E-state index >= 15 is 0 Å². The highest BCUT2D eigenvalue weighted by molar-refractivity contribution is 6.01. The molecule has 39 heavy (non-hydrogen) atoms. The third kappa shape index (κ3) is 5.68. The van der Waals surface area contributed by atoms with Crippen LogP contribution in [-0.4, -0.2) is 70.7 Å². The van der Waals surface area contributed by atoms with Gasteiger partial charge in [0.25, 0.3) is 5.92 Å². The van der Waals surface area contributed by atoms with E-state index in [1.807, 2.05) is 0 Å². The molecule has 204 valence electrons. The maximum absolute atomic E-state index is 14.4. The molecule has 0 amide bonds. The molecule has 3 N–H and O–H groups in total. The fourth-order valence-electron chi connectivity index (χ4n) is 4.77. The number of benzene rings is 1. The van der Waals surface area contributed by atoms with Crippen LogP contribution in [0, 0.1) is 12.7 Å². The van der Waals surface area contributed by atoms with Crippen LogP contribution in [0.15, 0.2) is 41.4 Å². The third-order valence-electron chi connectivity index (χ3n) is 6.48. The highest BCUT2D eigenvalue weighted by Crippen LogP contribution is 2.36. The van der Waals surface area contributed by atoms with E-state index in [-0.39, 0.29) is 18.3 Å². The number of likely N-dealkylation sites (tertiary alicyclic amines) is 1. The van der Waals surface area contributed by atoms with E-state index in [1.165, 1.54) is 24.1 Å². The van der Waals surface area contributed by atoms with Crippen molar-refractivity contribution in [3.05, 3.63) is 64.7 Å². The number of carbonyl (C=O) groups is 1. The molecule has 3 aromatic rings. The van der Waals surface area contributed by atoms with Crippen LogP contribution >= 0.6 is 0 Å². The van der Waals surface area contributed by atoms with Gasteiger partial charge in [-0.15, -0.1) is 0 Å². The minimum atomic E-state index is -2.76. The Bertz CT molecular complexity index is 1430. The highest BCUT2D eigenvalue weighted by atomic mass is 19.3. The zero-order chi connectivity index (χ0) is 27.7. The zero-order valence-electron chi connectivity index (χ0n) is 21.2. The van der Waals surface area contributed by atoms with Gasteiger partial charge in [-0.2, -0.15) is 0 Å². The van der Waals surface area contributed by atoms with Gasteiger partial charge in [-0.1, -0.05) is 12.1 Å². The average molecular weight is 542 g/mol. The van der Waals surface area contributed by atoms with Gasteiger partial charge in [-0.3, -0.25) is 14.7 Å². The number of aryl methyl sites for hydroxylation is 1. The van der Waals surface area contributed by atoms with Gasteiger partial charge >= 0.3 is 0 Å². The number of anilines is 1. The number of halogens is 3. The Morgan fingerprint density at radius 1 is 1.23 bits per heavy atom. The molecule has 0 bridgehead atoms. The number of methoxy groups -OCH3 is 1. The molecule has 0 spiro atoms. The number of amidine groups is 1. The second kappa shape index (κ2) is 10.6. The SMILES string of the molecule is COc1cccc(-c2cc(F)ccc2[C@H]2Cc3nc(N)nc(C)c3C(NOC(C=O)CN3CC(F)(F)C3)=N2)n1. The van der Waals surface area contributed by atoms with E-state index in [1.54, 1.807) is 31.2 Å². The predicted octanol–water partition coefficient (Wildman–Crippen LogP) is 2.66. The summed E-state index contributed by atoms with van der Waals surface area (Å²) in [6.07, 6.45) is -0.189. The number of fused-ring (bicyclic) bond motifs is 1. The molecule has 1 aromatic carbocycles. The Morgan fingerprint density at radius 2 is 2.03 bits per heavy atom. The summed E-state index contributed by atoms with van der Waals surface area (Å²) < 4.78 is 46.1. The molecule has 2 atom stereocenters. The summed E-state index contributed by atoms with van der Waals surface area (Å²) >= 11 is 0. The first-order valence-electron chi connectivity index (χ1n) is 12.1. The number of nitrogens with two attached hydrogens (primary N) is 1. The summed E-state index contributed by atoms with van der Waals surface area (Å²) in [6.45, 7) is 0.836. The van der Waals surface area contributed by atoms with Gasteiger partial charge < -0.3 is 15.3 Å². The van der Waals surface area contributed by atoms with Crippen molar-refractivity contribution in [2.45, 2.75) is 31.4 Å². The summed E-state index contributed by atoms with van der Waals surface area (Å²) in [5.74, 6) is -2.54. The Hall–Kier alpha value is -4.10. The van der Waals surface area contributed by atoms with Crippen LogP contribution in [0.2, 0.25) is 0 Å². The molecule has 2 aliphatic rings. The quantitative estimate of drug-likeness (QED) is 0.327. The number of ether oxygens (including phenoxy) is 1. The van der Waals surface area contributed by atoms with Crippen molar-refractivity contribution in [3.63, 3.8) is 0 Å². The number of alkyl halides is 2. The van der Waals surface area contributed by atoms with Crippen LogP contribution in [0.3, 0.4) is 0 Å². The number of aliphatic imine (C=N–C) groups is 1. The van der Waals surface area contributed by atoms with Crippen molar-refractivity contribution in [1.29, 1.82) is 0 Å². The van der Waals surface area contributed by atoms with E-state index in [9.17, 15) is 18.0 Å². The van der Waals surface area contributed by atoms with Crippen molar-refractivity contribution in [3.8, 4) is 17.1 Å². The topological polar surface area (TPSA) is 128 Å². The number of nitrogen functional groups attached to an aromatic ring is 1. The Balaban J connectivity index is 1.48. The molecule has 0 saturated carbocycles. The largest absolute Gasteiger partial charge is 0.481 e. The van der Waals surface area contributed by atoms with Crippen LogP contribution in [0.1, 0.15) is 28.6 Å². The van der Waals surface area contributed by atoms with Gasteiger partial charge in [0.05, 0.1) is 48.9 Å². The van der Waals surface area contributed by atoms with Crippen LogP contribution in [0.4, 0.5) is 19.1 Å². The second-order valence-corrected chi connectivity index (χ2v) is 9.40. The number of nitrogens with one attached hydrogen (secondary N) is 1. The number of hydrogen-bond donors (Lipinski definition) is 2. The molecule has 1 saturated heterocycles. The smallest absolute Gasteiger partial charge is 0.272 e. The number of rotatable bonds is 8.